The lowest BCUT2D eigenvalue weighted by Gasteiger charge is -2.26. The first-order valence-corrected chi connectivity index (χ1v) is 7.81. The van der Waals surface area contributed by atoms with Crippen molar-refractivity contribution in [2.24, 2.45) is 0 Å². The molecule has 0 aromatic heterocycles. The standard InChI is InChI=1S/C12H19NO.C5H13NO.CH3.ClH/c1-3-13(11(2)10-14)9-12-7-5-4-6-8-12;1-3-6-5(2)4-7;;/h4-8,11,14H,3,9-10H2,1-2H3;5-7H,3-4H2,1-2H3;1H3;1H/q;;-1;/t11-;5-;;/m00../s1. The highest BCUT2D eigenvalue weighted by atomic mass is 35.5. The van der Waals surface area contributed by atoms with Crippen molar-refractivity contribution >= 4 is 12.4 Å². The number of likely N-dealkylation sites (N-methyl/N-ethyl adjacent to an activating group) is 2. The van der Waals surface area contributed by atoms with Crippen molar-refractivity contribution in [2.45, 2.75) is 46.3 Å². The molecule has 2 atom stereocenters. The zero-order valence-corrected chi connectivity index (χ0v) is 16.1. The molecule has 1 aromatic carbocycles. The summed E-state index contributed by atoms with van der Waals surface area (Å²) in [6.07, 6.45) is 0. The molecule has 1 aromatic rings. The second-order valence-electron chi connectivity index (χ2n) is 5.22. The van der Waals surface area contributed by atoms with Gasteiger partial charge in [-0.25, -0.2) is 0 Å². The number of nitrogens with zero attached hydrogens (tertiary/aromatic N) is 1. The van der Waals surface area contributed by atoms with E-state index in [2.05, 4.69) is 29.3 Å². The number of aliphatic hydroxyl groups is 2. The first-order valence-electron chi connectivity index (χ1n) is 7.81. The van der Waals surface area contributed by atoms with Gasteiger partial charge in [0, 0.05) is 18.6 Å². The monoisotopic (exact) mass is 347 g/mol. The number of hydrogen-bond donors (Lipinski definition) is 3. The molecular formula is C18H36ClN2O2-. The third-order valence-electron chi connectivity index (χ3n) is 3.35. The van der Waals surface area contributed by atoms with E-state index in [0.717, 1.165) is 19.6 Å². The topological polar surface area (TPSA) is 55.7 Å². The van der Waals surface area contributed by atoms with Crippen LogP contribution in [0.3, 0.4) is 0 Å². The van der Waals surface area contributed by atoms with Crippen LogP contribution < -0.4 is 5.32 Å². The van der Waals surface area contributed by atoms with Gasteiger partial charge in [0.1, 0.15) is 0 Å². The van der Waals surface area contributed by atoms with E-state index in [0.29, 0.717) is 0 Å². The highest BCUT2D eigenvalue weighted by molar-refractivity contribution is 5.85. The smallest absolute Gasteiger partial charge is 0.0584 e. The van der Waals surface area contributed by atoms with Crippen LogP contribution in [-0.4, -0.2) is 53.5 Å². The minimum atomic E-state index is 0. The Bertz CT molecular complexity index is 339. The van der Waals surface area contributed by atoms with Gasteiger partial charge in [-0.3, -0.25) is 4.90 Å². The van der Waals surface area contributed by atoms with E-state index in [1.54, 1.807) is 0 Å². The molecule has 4 nitrogen and oxygen atoms in total. The fourth-order valence-electron chi connectivity index (χ4n) is 1.93. The van der Waals surface area contributed by atoms with Crippen molar-refractivity contribution in [3.63, 3.8) is 0 Å². The summed E-state index contributed by atoms with van der Waals surface area (Å²) in [5, 5.41) is 20.5. The number of rotatable bonds is 8. The maximum atomic E-state index is 9.07. The number of hydrogen-bond acceptors (Lipinski definition) is 4. The summed E-state index contributed by atoms with van der Waals surface area (Å²) in [5.74, 6) is 0. The molecular weight excluding hydrogens is 312 g/mol. The molecule has 0 spiro atoms. The molecule has 0 aliphatic carbocycles. The lowest BCUT2D eigenvalue weighted by atomic mass is 10.2. The second-order valence-corrected chi connectivity index (χ2v) is 5.22. The van der Waals surface area contributed by atoms with Crippen LogP contribution in [0.4, 0.5) is 0 Å². The minimum absolute atomic E-state index is 0. The molecule has 0 saturated heterocycles. The quantitative estimate of drug-likeness (QED) is 0.633. The van der Waals surface area contributed by atoms with Gasteiger partial charge in [-0.1, -0.05) is 44.2 Å². The SMILES string of the molecule is CCN(Cc1ccccc1)[C@@H](C)CO.CCN[C@@H](C)CO.Cl.[CH3-]. The van der Waals surface area contributed by atoms with Crippen LogP contribution in [-0.2, 0) is 6.54 Å². The molecule has 5 heteroatoms. The summed E-state index contributed by atoms with van der Waals surface area (Å²) >= 11 is 0. The van der Waals surface area contributed by atoms with Gasteiger partial charge in [0.2, 0.25) is 0 Å². The molecule has 0 amide bonds. The van der Waals surface area contributed by atoms with Crippen molar-refractivity contribution in [3.8, 4) is 0 Å². The molecule has 3 N–H and O–H groups in total. The Kier molecular flexibility index (Phi) is 20.9. The largest absolute Gasteiger partial charge is 0.395 e. The Balaban J connectivity index is -0.000000386. The van der Waals surface area contributed by atoms with Crippen LogP contribution in [0, 0.1) is 7.43 Å². The van der Waals surface area contributed by atoms with Gasteiger partial charge >= 0.3 is 0 Å². The van der Waals surface area contributed by atoms with Crippen LogP contribution in [0.15, 0.2) is 30.3 Å². The summed E-state index contributed by atoms with van der Waals surface area (Å²) < 4.78 is 0. The molecule has 0 unspecified atom stereocenters. The molecule has 0 heterocycles. The fourth-order valence-corrected chi connectivity index (χ4v) is 1.93. The third-order valence-corrected chi connectivity index (χ3v) is 3.35. The number of nitrogens with one attached hydrogen (secondary N) is 1. The molecule has 0 radical (unpaired) electrons. The highest BCUT2D eigenvalue weighted by Crippen LogP contribution is 2.07. The van der Waals surface area contributed by atoms with E-state index in [-0.39, 0.29) is 45.1 Å². The summed E-state index contributed by atoms with van der Waals surface area (Å²) in [6, 6.07) is 10.8. The van der Waals surface area contributed by atoms with Crippen molar-refractivity contribution in [1.82, 2.24) is 10.2 Å². The molecule has 0 aliphatic rings. The van der Waals surface area contributed by atoms with Gasteiger partial charge in [0.25, 0.3) is 0 Å². The first kappa shape index (κ1) is 27.2. The lowest BCUT2D eigenvalue weighted by Crippen LogP contribution is -2.34. The summed E-state index contributed by atoms with van der Waals surface area (Å²) in [6.45, 7) is 11.4. The van der Waals surface area contributed by atoms with E-state index in [1.165, 1.54) is 5.56 Å². The third kappa shape index (κ3) is 13.5. The van der Waals surface area contributed by atoms with E-state index in [4.69, 9.17) is 10.2 Å². The molecule has 0 fully saturated rings. The Hall–Kier alpha value is -0.650. The normalized spacial score (nSPS) is 12.3. The second kappa shape index (κ2) is 17.7. The predicted molar refractivity (Wildman–Crippen MR) is 103 cm³/mol. The average molecular weight is 348 g/mol. The fraction of sp³-hybridized carbons (Fsp3) is 0.611. The predicted octanol–water partition coefficient (Wildman–Crippen LogP) is 2.74. The average Bonchev–Trinajstić information content (AvgIpc) is 2.53. The van der Waals surface area contributed by atoms with Crippen LogP contribution in [0.2, 0.25) is 0 Å². The molecule has 1 rings (SSSR count). The Morgan fingerprint density at radius 2 is 1.61 bits per heavy atom. The molecule has 0 bridgehead atoms. The van der Waals surface area contributed by atoms with Gasteiger partial charge in [0.15, 0.2) is 0 Å². The van der Waals surface area contributed by atoms with Gasteiger partial charge in [-0.2, -0.15) is 0 Å². The Morgan fingerprint density at radius 1 is 1.04 bits per heavy atom. The zero-order chi connectivity index (χ0) is 16.1. The zero-order valence-electron chi connectivity index (χ0n) is 15.3. The van der Waals surface area contributed by atoms with Crippen molar-refractivity contribution < 1.29 is 10.2 Å². The van der Waals surface area contributed by atoms with Gasteiger partial charge < -0.3 is 23.0 Å². The van der Waals surface area contributed by atoms with Gasteiger partial charge in [-0.15, -0.1) is 12.4 Å². The minimum Gasteiger partial charge on any atom is -0.395 e. The Morgan fingerprint density at radius 3 is 1.96 bits per heavy atom. The number of benzene rings is 1. The van der Waals surface area contributed by atoms with Crippen molar-refractivity contribution in [3.05, 3.63) is 43.3 Å². The van der Waals surface area contributed by atoms with E-state index in [9.17, 15) is 0 Å². The molecule has 138 valence electrons. The van der Waals surface area contributed by atoms with Crippen molar-refractivity contribution in [1.29, 1.82) is 0 Å². The maximum absolute atomic E-state index is 9.07. The van der Waals surface area contributed by atoms with Crippen molar-refractivity contribution in [2.75, 3.05) is 26.3 Å². The summed E-state index contributed by atoms with van der Waals surface area (Å²) in [5.41, 5.74) is 1.30. The summed E-state index contributed by atoms with van der Waals surface area (Å²) in [7, 11) is 0. The first-order chi connectivity index (χ1) is 10.1. The van der Waals surface area contributed by atoms with Gasteiger partial charge in [-0.05, 0) is 32.5 Å². The van der Waals surface area contributed by atoms with Crippen LogP contribution in [0.25, 0.3) is 0 Å². The molecule has 23 heavy (non-hydrogen) atoms. The van der Waals surface area contributed by atoms with Gasteiger partial charge in [0.05, 0.1) is 13.2 Å². The van der Waals surface area contributed by atoms with Crippen LogP contribution >= 0.6 is 12.4 Å². The highest BCUT2D eigenvalue weighted by Gasteiger charge is 2.10. The number of halogens is 1. The summed E-state index contributed by atoms with van der Waals surface area (Å²) in [4.78, 5) is 2.26. The maximum Gasteiger partial charge on any atom is 0.0584 e. The van der Waals surface area contributed by atoms with Crippen LogP contribution in [0.1, 0.15) is 33.3 Å². The van der Waals surface area contributed by atoms with Crippen LogP contribution in [0.5, 0.6) is 0 Å². The van der Waals surface area contributed by atoms with E-state index < -0.39 is 0 Å². The Labute approximate surface area is 149 Å². The number of aliphatic hydroxyl groups excluding tert-OH is 2. The van der Waals surface area contributed by atoms with E-state index in [1.807, 2.05) is 39.0 Å². The molecule has 0 aliphatic heterocycles. The molecule has 0 saturated carbocycles. The lowest BCUT2D eigenvalue weighted by molar-refractivity contribution is 0.133. The van der Waals surface area contributed by atoms with E-state index >= 15 is 0 Å².